The normalized spacial score (nSPS) is 11.2. The second-order valence-electron chi connectivity index (χ2n) is 4.33. The van der Waals surface area contributed by atoms with Crippen LogP contribution in [0.25, 0.3) is 0 Å². The summed E-state index contributed by atoms with van der Waals surface area (Å²) in [5.41, 5.74) is 1.05. The van der Waals surface area contributed by atoms with Gasteiger partial charge in [0.1, 0.15) is 11.6 Å². The van der Waals surface area contributed by atoms with Gasteiger partial charge in [-0.25, -0.2) is 9.97 Å². The molecule has 0 aliphatic carbocycles. The maximum Gasteiger partial charge on any atom is 0.145 e. The summed E-state index contributed by atoms with van der Waals surface area (Å²) < 4.78 is 0.965. The van der Waals surface area contributed by atoms with Gasteiger partial charge in [-0.15, -0.1) is 0 Å². The van der Waals surface area contributed by atoms with Gasteiger partial charge in [0.05, 0.1) is 16.7 Å². The first-order valence-electron chi connectivity index (χ1n) is 5.34. The Hall–Kier alpha value is -0.680. The lowest BCUT2D eigenvalue weighted by atomic mass is 10.1. The zero-order chi connectivity index (χ0) is 12.3. The van der Waals surface area contributed by atoms with Crippen LogP contribution in [0.15, 0.2) is 4.47 Å². The molecule has 90 valence electrons. The van der Waals surface area contributed by atoms with Crippen molar-refractivity contribution in [3.63, 3.8) is 0 Å². The van der Waals surface area contributed by atoms with Gasteiger partial charge in [0, 0.05) is 7.05 Å². The molecule has 1 N–H and O–H groups in total. The number of hydrogen-bond donors (Lipinski definition) is 1. The molecule has 0 saturated heterocycles. The first-order valence-corrected chi connectivity index (χ1v) is 6.13. The Labute approximate surface area is 106 Å². The predicted octanol–water partition coefficient (Wildman–Crippen LogP) is 2.47. The Kier molecular flexibility index (Phi) is 4.68. The van der Waals surface area contributed by atoms with Crippen LogP contribution < -0.4 is 5.32 Å². The molecule has 5 heteroatoms. The van der Waals surface area contributed by atoms with Gasteiger partial charge in [0.15, 0.2) is 0 Å². The number of aromatic nitrogens is 2. The fourth-order valence-corrected chi connectivity index (χ4v) is 2.25. The fourth-order valence-electron chi connectivity index (χ4n) is 1.41. The fraction of sp³-hybridized carbons (Fsp3) is 0.636. The molecule has 0 fully saturated rings. The maximum atomic E-state index is 4.58. The van der Waals surface area contributed by atoms with Gasteiger partial charge < -0.3 is 10.2 Å². The number of rotatable bonds is 4. The van der Waals surface area contributed by atoms with Crippen LogP contribution in [-0.4, -0.2) is 36.0 Å². The smallest absolute Gasteiger partial charge is 0.145 e. The average Bonchev–Trinajstić information content (AvgIpc) is 2.19. The summed E-state index contributed by atoms with van der Waals surface area (Å²) in [5.74, 6) is 2.09. The summed E-state index contributed by atoms with van der Waals surface area (Å²) in [7, 11) is 5.90. The lowest BCUT2D eigenvalue weighted by Crippen LogP contribution is -2.15. The third-order valence-electron chi connectivity index (χ3n) is 2.16. The molecular formula is C11H19BrN4. The quantitative estimate of drug-likeness (QED) is 0.923. The number of nitrogens with one attached hydrogen (secondary N) is 1. The van der Waals surface area contributed by atoms with E-state index < -0.39 is 0 Å². The first kappa shape index (κ1) is 13.4. The minimum atomic E-state index is 0.380. The van der Waals surface area contributed by atoms with Crippen molar-refractivity contribution in [2.45, 2.75) is 26.3 Å². The Morgan fingerprint density at radius 2 is 1.94 bits per heavy atom. The van der Waals surface area contributed by atoms with E-state index in [-0.39, 0.29) is 0 Å². The molecule has 1 aromatic heterocycles. The lowest BCUT2D eigenvalue weighted by Gasteiger charge is -2.15. The van der Waals surface area contributed by atoms with E-state index in [4.69, 9.17) is 0 Å². The second kappa shape index (κ2) is 5.59. The molecule has 0 bridgehead atoms. The highest BCUT2D eigenvalue weighted by Gasteiger charge is 2.14. The van der Waals surface area contributed by atoms with E-state index in [0.29, 0.717) is 5.92 Å². The van der Waals surface area contributed by atoms with Gasteiger partial charge in [-0.2, -0.15) is 0 Å². The molecule has 1 heterocycles. The van der Waals surface area contributed by atoms with Crippen molar-refractivity contribution in [3.05, 3.63) is 16.0 Å². The molecule has 0 aromatic carbocycles. The van der Waals surface area contributed by atoms with Crippen molar-refractivity contribution in [1.82, 2.24) is 14.9 Å². The maximum absolute atomic E-state index is 4.58. The molecule has 0 unspecified atom stereocenters. The largest absolute Gasteiger partial charge is 0.372 e. The second-order valence-corrected chi connectivity index (χ2v) is 5.12. The van der Waals surface area contributed by atoms with Crippen molar-refractivity contribution in [3.8, 4) is 0 Å². The van der Waals surface area contributed by atoms with E-state index in [1.807, 2.05) is 21.1 Å². The van der Waals surface area contributed by atoms with Crippen molar-refractivity contribution in [1.29, 1.82) is 0 Å². The number of hydrogen-bond acceptors (Lipinski definition) is 4. The highest BCUT2D eigenvalue weighted by Crippen LogP contribution is 2.28. The minimum Gasteiger partial charge on any atom is -0.372 e. The highest BCUT2D eigenvalue weighted by atomic mass is 79.9. The zero-order valence-corrected chi connectivity index (χ0v) is 12.1. The molecule has 1 aromatic rings. The van der Waals surface area contributed by atoms with Crippen LogP contribution in [-0.2, 0) is 6.54 Å². The summed E-state index contributed by atoms with van der Waals surface area (Å²) >= 11 is 3.54. The van der Waals surface area contributed by atoms with Crippen molar-refractivity contribution < 1.29 is 0 Å². The van der Waals surface area contributed by atoms with Crippen molar-refractivity contribution >= 4 is 21.7 Å². The monoisotopic (exact) mass is 286 g/mol. The summed E-state index contributed by atoms with van der Waals surface area (Å²) in [6, 6.07) is 0. The van der Waals surface area contributed by atoms with Gasteiger partial charge in [0.2, 0.25) is 0 Å². The molecule has 4 nitrogen and oxygen atoms in total. The molecular weight excluding hydrogens is 268 g/mol. The number of anilines is 1. The van der Waals surface area contributed by atoms with Gasteiger partial charge in [0.25, 0.3) is 0 Å². The van der Waals surface area contributed by atoms with Crippen LogP contribution in [0.3, 0.4) is 0 Å². The van der Waals surface area contributed by atoms with E-state index in [1.54, 1.807) is 0 Å². The number of halogens is 1. The van der Waals surface area contributed by atoms with E-state index >= 15 is 0 Å². The third-order valence-corrected chi connectivity index (χ3v) is 2.95. The lowest BCUT2D eigenvalue weighted by molar-refractivity contribution is 0.389. The van der Waals surface area contributed by atoms with E-state index in [2.05, 4.69) is 50.0 Å². The molecule has 0 aliphatic rings. The Balaban J connectivity index is 3.17. The molecule has 1 rings (SSSR count). The minimum absolute atomic E-state index is 0.380. The summed E-state index contributed by atoms with van der Waals surface area (Å²) in [4.78, 5) is 11.1. The molecule has 0 radical (unpaired) electrons. The van der Waals surface area contributed by atoms with Crippen LogP contribution >= 0.6 is 15.9 Å². The van der Waals surface area contributed by atoms with E-state index in [1.165, 1.54) is 0 Å². The van der Waals surface area contributed by atoms with E-state index in [9.17, 15) is 0 Å². The SMILES string of the molecule is CNc1nc(CN(C)C)nc(C(C)C)c1Br. The topological polar surface area (TPSA) is 41.1 Å². The van der Waals surface area contributed by atoms with Crippen LogP contribution in [0.5, 0.6) is 0 Å². The Morgan fingerprint density at radius 1 is 1.31 bits per heavy atom. The van der Waals surface area contributed by atoms with Crippen LogP contribution in [0.4, 0.5) is 5.82 Å². The third kappa shape index (κ3) is 3.15. The molecule has 0 atom stereocenters. The molecule has 16 heavy (non-hydrogen) atoms. The predicted molar refractivity (Wildman–Crippen MR) is 70.8 cm³/mol. The summed E-state index contributed by atoms with van der Waals surface area (Å²) in [5, 5.41) is 3.09. The Bertz CT molecular complexity index is 363. The van der Waals surface area contributed by atoms with E-state index in [0.717, 1.165) is 28.4 Å². The zero-order valence-electron chi connectivity index (χ0n) is 10.5. The molecule has 0 amide bonds. The summed E-state index contributed by atoms with van der Waals surface area (Å²) in [6.07, 6.45) is 0. The van der Waals surface area contributed by atoms with Crippen LogP contribution in [0.1, 0.15) is 31.3 Å². The Morgan fingerprint density at radius 3 is 2.38 bits per heavy atom. The highest BCUT2D eigenvalue weighted by molar-refractivity contribution is 9.10. The summed E-state index contributed by atoms with van der Waals surface area (Å²) in [6.45, 7) is 5.01. The van der Waals surface area contributed by atoms with Crippen LogP contribution in [0, 0.1) is 0 Å². The van der Waals surface area contributed by atoms with Crippen molar-refractivity contribution in [2.24, 2.45) is 0 Å². The molecule has 0 spiro atoms. The van der Waals surface area contributed by atoms with Gasteiger partial charge in [-0.3, -0.25) is 0 Å². The molecule has 0 saturated carbocycles. The molecule has 0 aliphatic heterocycles. The van der Waals surface area contributed by atoms with Gasteiger partial charge >= 0.3 is 0 Å². The number of nitrogens with zero attached hydrogens (tertiary/aromatic N) is 3. The standard InChI is InChI=1S/C11H19BrN4/c1-7(2)10-9(12)11(13-3)15-8(14-10)6-16(4)5/h7H,6H2,1-5H3,(H,13,14,15). The van der Waals surface area contributed by atoms with Gasteiger partial charge in [-0.05, 0) is 35.9 Å². The van der Waals surface area contributed by atoms with Crippen LogP contribution in [0.2, 0.25) is 0 Å². The first-order chi connectivity index (χ1) is 7.45. The average molecular weight is 287 g/mol. The van der Waals surface area contributed by atoms with Crippen molar-refractivity contribution in [2.75, 3.05) is 26.5 Å². The van der Waals surface area contributed by atoms with Gasteiger partial charge in [-0.1, -0.05) is 13.8 Å².